The lowest BCUT2D eigenvalue weighted by molar-refractivity contribution is 0.00406. The van der Waals surface area contributed by atoms with Gasteiger partial charge in [0.05, 0.1) is 0 Å². The molecule has 0 radical (unpaired) electrons. The van der Waals surface area contributed by atoms with Gasteiger partial charge in [-0.1, -0.05) is 13.8 Å². The first kappa shape index (κ1) is 12.4. The molecule has 0 aromatic rings. The van der Waals surface area contributed by atoms with Gasteiger partial charge >= 0.3 is 0 Å². The van der Waals surface area contributed by atoms with Crippen molar-refractivity contribution >= 4 is 0 Å². The molecule has 0 saturated carbocycles. The van der Waals surface area contributed by atoms with Gasteiger partial charge in [0, 0.05) is 31.2 Å². The quantitative estimate of drug-likeness (QED) is 0.724. The summed E-state index contributed by atoms with van der Waals surface area (Å²) < 4.78 is 0. The Kier molecular flexibility index (Phi) is 3.91. The third-order valence-electron chi connectivity index (χ3n) is 4.26. The number of likely N-dealkylation sites (tertiary alicyclic amines) is 2. The molecule has 2 aliphatic heterocycles. The Labute approximate surface area is 101 Å². The van der Waals surface area contributed by atoms with Crippen LogP contribution in [0.4, 0.5) is 0 Å². The number of hydrogen-bond donors (Lipinski definition) is 0. The standard InChI is InChI=1S/C14H28N2/c1-11(2)8-13-6-5-7-16(13)14-9-15(10-14)12(3)4/h11-14H,5-10H2,1-4H3. The average molecular weight is 224 g/mol. The summed E-state index contributed by atoms with van der Waals surface area (Å²) in [6, 6.07) is 2.50. The maximum absolute atomic E-state index is 2.80. The fourth-order valence-electron chi connectivity index (χ4n) is 3.26. The summed E-state index contributed by atoms with van der Waals surface area (Å²) in [5.41, 5.74) is 0. The van der Waals surface area contributed by atoms with Crippen LogP contribution in [-0.2, 0) is 0 Å². The van der Waals surface area contributed by atoms with Gasteiger partial charge in [-0.15, -0.1) is 0 Å². The van der Waals surface area contributed by atoms with Crippen LogP contribution in [0, 0.1) is 5.92 Å². The zero-order valence-corrected chi connectivity index (χ0v) is 11.4. The molecular formula is C14H28N2. The molecule has 2 saturated heterocycles. The number of hydrogen-bond acceptors (Lipinski definition) is 2. The van der Waals surface area contributed by atoms with Gasteiger partial charge in [0.2, 0.25) is 0 Å². The van der Waals surface area contributed by atoms with E-state index in [4.69, 9.17) is 0 Å². The second kappa shape index (κ2) is 5.05. The van der Waals surface area contributed by atoms with Crippen LogP contribution in [0.2, 0.25) is 0 Å². The molecule has 94 valence electrons. The third-order valence-corrected chi connectivity index (χ3v) is 4.26. The maximum Gasteiger partial charge on any atom is 0.0353 e. The summed E-state index contributed by atoms with van der Waals surface area (Å²) in [6.07, 6.45) is 4.27. The molecule has 0 bridgehead atoms. The molecule has 2 fully saturated rings. The summed E-state index contributed by atoms with van der Waals surface area (Å²) in [5.74, 6) is 0.854. The van der Waals surface area contributed by atoms with E-state index in [9.17, 15) is 0 Å². The van der Waals surface area contributed by atoms with E-state index in [0.717, 1.165) is 24.0 Å². The Balaban J connectivity index is 1.81. The molecule has 1 atom stereocenters. The van der Waals surface area contributed by atoms with Gasteiger partial charge in [0.25, 0.3) is 0 Å². The topological polar surface area (TPSA) is 6.48 Å². The molecule has 0 aromatic heterocycles. The van der Waals surface area contributed by atoms with Crippen molar-refractivity contribution in [1.29, 1.82) is 0 Å². The van der Waals surface area contributed by atoms with Crippen LogP contribution >= 0.6 is 0 Å². The first-order valence-corrected chi connectivity index (χ1v) is 7.07. The van der Waals surface area contributed by atoms with Crippen molar-refractivity contribution < 1.29 is 0 Å². The van der Waals surface area contributed by atoms with Crippen LogP contribution < -0.4 is 0 Å². The zero-order chi connectivity index (χ0) is 11.7. The van der Waals surface area contributed by atoms with Gasteiger partial charge in [0.15, 0.2) is 0 Å². The zero-order valence-electron chi connectivity index (χ0n) is 11.4. The molecule has 16 heavy (non-hydrogen) atoms. The Bertz CT molecular complexity index is 219. The summed E-state index contributed by atoms with van der Waals surface area (Å²) in [5, 5.41) is 0. The van der Waals surface area contributed by atoms with E-state index in [0.29, 0.717) is 0 Å². The van der Waals surface area contributed by atoms with E-state index in [2.05, 4.69) is 37.5 Å². The summed E-state index contributed by atoms with van der Waals surface area (Å²) in [7, 11) is 0. The van der Waals surface area contributed by atoms with Crippen molar-refractivity contribution in [2.45, 2.75) is 65.1 Å². The molecule has 2 aliphatic rings. The van der Waals surface area contributed by atoms with Gasteiger partial charge in [-0.3, -0.25) is 9.80 Å². The van der Waals surface area contributed by atoms with Crippen LogP contribution in [-0.4, -0.2) is 47.6 Å². The Hall–Kier alpha value is -0.0800. The minimum absolute atomic E-state index is 0.738. The Morgan fingerprint density at radius 2 is 1.81 bits per heavy atom. The van der Waals surface area contributed by atoms with E-state index < -0.39 is 0 Å². The lowest BCUT2D eigenvalue weighted by Gasteiger charge is -2.48. The van der Waals surface area contributed by atoms with Crippen molar-refractivity contribution in [1.82, 2.24) is 9.80 Å². The lowest BCUT2D eigenvalue weighted by atomic mass is 9.98. The number of rotatable bonds is 4. The normalized spacial score (nSPS) is 29.2. The average Bonchev–Trinajstić information content (AvgIpc) is 2.48. The minimum atomic E-state index is 0.738. The molecule has 0 N–H and O–H groups in total. The van der Waals surface area contributed by atoms with Gasteiger partial charge in [-0.2, -0.15) is 0 Å². The number of nitrogens with zero attached hydrogens (tertiary/aromatic N) is 2. The Morgan fingerprint density at radius 1 is 1.12 bits per heavy atom. The second-order valence-electron chi connectivity index (χ2n) is 6.36. The highest BCUT2D eigenvalue weighted by Crippen LogP contribution is 2.29. The summed E-state index contributed by atoms with van der Waals surface area (Å²) in [6.45, 7) is 13.3. The van der Waals surface area contributed by atoms with Crippen molar-refractivity contribution in [3.63, 3.8) is 0 Å². The molecule has 0 aliphatic carbocycles. The van der Waals surface area contributed by atoms with Crippen LogP contribution in [0.25, 0.3) is 0 Å². The maximum atomic E-state index is 2.80. The predicted octanol–water partition coefficient (Wildman–Crippen LogP) is 2.59. The minimum Gasteiger partial charge on any atom is -0.298 e. The highest BCUT2D eigenvalue weighted by Gasteiger charge is 2.38. The van der Waals surface area contributed by atoms with Crippen LogP contribution in [0.1, 0.15) is 47.0 Å². The SMILES string of the molecule is CC(C)CC1CCCN1C1CN(C(C)C)C1. The van der Waals surface area contributed by atoms with E-state index in [1.165, 1.54) is 38.9 Å². The van der Waals surface area contributed by atoms with E-state index in [1.807, 2.05) is 0 Å². The fraction of sp³-hybridized carbons (Fsp3) is 1.00. The lowest BCUT2D eigenvalue weighted by Crippen LogP contribution is -2.62. The third kappa shape index (κ3) is 2.60. The first-order valence-electron chi connectivity index (χ1n) is 7.07. The second-order valence-corrected chi connectivity index (χ2v) is 6.36. The van der Waals surface area contributed by atoms with E-state index >= 15 is 0 Å². The monoisotopic (exact) mass is 224 g/mol. The molecular weight excluding hydrogens is 196 g/mol. The fourth-order valence-corrected chi connectivity index (χ4v) is 3.26. The molecule has 2 heteroatoms. The molecule has 2 heterocycles. The summed E-state index contributed by atoms with van der Waals surface area (Å²) >= 11 is 0. The van der Waals surface area contributed by atoms with Gasteiger partial charge in [0.1, 0.15) is 0 Å². The first-order chi connectivity index (χ1) is 7.58. The van der Waals surface area contributed by atoms with Gasteiger partial charge < -0.3 is 0 Å². The molecule has 2 rings (SSSR count). The van der Waals surface area contributed by atoms with Crippen LogP contribution in [0.5, 0.6) is 0 Å². The van der Waals surface area contributed by atoms with Crippen molar-refractivity contribution in [2.24, 2.45) is 5.92 Å². The van der Waals surface area contributed by atoms with Gasteiger partial charge in [-0.25, -0.2) is 0 Å². The smallest absolute Gasteiger partial charge is 0.0353 e. The Morgan fingerprint density at radius 3 is 2.38 bits per heavy atom. The highest BCUT2D eigenvalue weighted by atomic mass is 15.3. The van der Waals surface area contributed by atoms with E-state index in [-0.39, 0.29) is 0 Å². The molecule has 2 nitrogen and oxygen atoms in total. The predicted molar refractivity (Wildman–Crippen MR) is 69.7 cm³/mol. The van der Waals surface area contributed by atoms with Crippen molar-refractivity contribution in [3.05, 3.63) is 0 Å². The summed E-state index contributed by atoms with van der Waals surface area (Å²) in [4.78, 5) is 5.40. The van der Waals surface area contributed by atoms with Crippen LogP contribution in [0.15, 0.2) is 0 Å². The van der Waals surface area contributed by atoms with Crippen LogP contribution in [0.3, 0.4) is 0 Å². The van der Waals surface area contributed by atoms with E-state index in [1.54, 1.807) is 0 Å². The van der Waals surface area contributed by atoms with Crippen molar-refractivity contribution in [2.75, 3.05) is 19.6 Å². The molecule has 0 aromatic carbocycles. The molecule has 0 amide bonds. The van der Waals surface area contributed by atoms with Crippen molar-refractivity contribution in [3.8, 4) is 0 Å². The molecule has 1 unspecified atom stereocenters. The molecule has 0 spiro atoms. The highest BCUT2D eigenvalue weighted by molar-refractivity contribution is 4.94. The largest absolute Gasteiger partial charge is 0.298 e. The van der Waals surface area contributed by atoms with Gasteiger partial charge in [-0.05, 0) is 45.6 Å².